The Labute approximate surface area is 161 Å². The number of amides is 1. The molecule has 0 aliphatic heterocycles. The summed E-state index contributed by atoms with van der Waals surface area (Å²) in [6, 6.07) is 12.6. The van der Waals surface area contributed by atoms with E-state index in [1.165, 1.54) is 18.8 Å². The first-order valence-corrected chi connectivity index (χ1v) is 9.53. The number of likely N-dealkylation sites (N-methyl/N-ethyl adjacent to an activating group) is 1. The minimum absolute atomic E-state index is 0.122. The van der Waals surface area contributed by atoms with Crippen LogP contribution >= 0.6 is 35.0 Å². The van der Waals surface area contributed by atoms with Gasteiger partial charge in [-0.15, -0.1) is 11.8 Å². The lowest BCUT2D eigenvalue weighted by Gasteiger charge is -2.28. The Morgan fingerprint density at radius 1 is 1.20 bits per heavy atom. The summed E-state index contributed by atoms with van der Waals surface area (Å²) in [7, 11) is 1.47. The van der Waals surface area contributed by atoms with Crippen molar-refractivity contribution in [1.82, 2.24) is 4.90 Å². The van der Waals surface area contributed by atoms with E-state index in [9.17, 15) is 15.0 Å². The number of benzene rings is 2. The minimum Gasteiger partial charge on any atom is -0.465 e. The molecule has 0 fully saturated rings. The number of hydrogen-bond donors (Lipinski definition) is 2. The second kappa shape index (κ2) is 8.81. The molecule has 4 nitrogen and oxygen atoms in total. The third-order valence-corrected chi connectivity index (χ3v) is 5.56. The van der Waals surface area contributed by atoms with Crippen molar-refractivity contribution in [3.8, 4) is 0 Å². The van der Waals surface area contributed by atoms with Gasteiger partial charge in [-0.25, -0.2) is 4.79 Å². The molecule has 2 N–H and O–H groups in total. The smallest absolute Gasteiger partial charge is 0.407 e. The molecule has 0 heterocycles. The highest BCUT2D eigenvalue weighted by atomic mass is 35.5. The van der Waals surface area contributed by atoms with Crippen LogP contribution < -0.4 is 0 Å². The number of carboxylic acid groups (broad SMARTS) is 1. The standard InChI is InChI=1S/C18H19Cl2NO3S/c1-21(18(23)24)10-13(11-7-8-14(19)15(20)9-11)17(22)12-5-3-4-6-16(12)25-2/h3-9,13,17,22H,10H2,1-2H3,(H,23,24)/t13-,17+/m1/s1. The van der Waals surface area contributed by atoms with Gasteiger partial charge in [-0.05, 0) is 35.6 Å². The van der Waals surface area contributed by atoms with E-state index in [4.69, 9.17) is 23.2 Å². The number of aliphatic hydroxyl groups excluding tert-OH is 1. The Hall–Kier alpha value is -1.40. The maximum Gasteiger partial charge on any atom is 0.407 e. The van der Waals surface area contributed by atoms with E-state index in [1.807, 2.05) is 30.5 Å². The van der Waals surface area contributed by atoms with E-state index in [0.717, 1.165) is 20.9 Å². The molecule has 0 aliphatic carbocycles. The first-order chi connectivity index (χ1) is 11.8. The van der Waals surface area contributed by atoms with Gasteiger partial charge in [0.2, 0.25) is 0 Å². The quantitative estimate of drug-likeness (QED) is 0.659. The number of carbonyl (C=O) groups is 1. The third-order valence-electron chi connectivity index (χ3n) is 4.01. The van der Waals surface area contributed by atoms with Crippen molar-refractivity contribution in [2.45, 2.75) is 16.9 Å². The molecular weight excluding hydrogens is 381 g/mol. The summed E-state index contributed by atoms with van der Waals surface area (Å²) in [6.45, 7) is 0.122. The number of nitrogens with zero attached hydrogens (tertiary/aromatic N) is 1. The average molecular weight is 400 g/mol. The van der Waals surface area contributed by atoms with Crippen LogP contribution in [0.15, 0.2) is 47.4 Å². The van der Waals surface area contributed by atoms with Crippen LogP contribution in [0, 0.1) is 0 Å². The molecule has 0 radical (unpaired) electrons. The van der Waals surface area contributed by atoms with Crippen LogP contribution in [0.2, 0.25) is 10.0 Å². The summed E-state index contributed by atoms with van der Waals surface area (Å²) in [6.07, 6.45) is -0.0126. The van der Waals surface area contributed by atoms with Gasteiger partial charge in [0.25, 0.3) is 0 Å². The van der Waals surface area contributed by atoms with Crippen molar-refractivity contribution >= 4 is 41.1 Å². The molecule has 2 aromatic carbocycles. The zero-order chi connectivity index (χ0) is 18.6. The number of rotatable bonds is 6. The molecule has 0 aliphatic rings. The lowest BCUT2D eigenvalue weighted by molar-refractivity contribution is 0.111. The summed E-state index contributed by atoms with van der Waals surface area (Å²) in [4.78, 5) is 13.4. The topological polar surface area (TPSA) is 60.8 Å². The van der Waals surface area contributed by atoms with Gasteiger partial charge in [0.1, 0.15) is 0 Å². The van der Waals surface area contributed by atoms with Crippen molar-refractivity contribution < 1.29 is 15.0 Å². The van der Waals surface area contributed by atoms with Crippen LogP contribution in [0.5, 0.6) is 0 Å². The molecule has 7 heteroatoms. The van der Waals surface area contributed by atoms with Crippen LogP contribution in [0.4, 0.5) is 4.79 Å². The average Bonchev–Trinajstić information content (AvgIpc) is 2.61. The SMILES string of the molecule is CSc1ccccc1[C@H](O)[C@H](CN(C)C(=O)O)c1ccc(Cl)c(Cl)c1. The van der Waals surface area contributed by atoms with Gasteiger partial charge in [0.15, 0.2) is 0 Å². The zero-order valence-electron chi connectivity index (χ0n) is 13.8. The Kier molecular flexibility index (Phi) is 7.02. The lowest BCUT2D eigenvalue weighted by atomic mass is 9.88. The molecule has 0 bridgehead atoms. The first kappa shape index (κ1) is 19.9. The molecule has 2 aromatic rings. The van der Waals surface area contributed by atoms with Gasteiger partial charge in [0.05, 0.1) is 16.1 Å². The second-order valence-electron chi connectivity index (χ2n) is 5.63. The maximum atomic E-state index is 11.3. The summed E-state index contributed by atoms with van der Waals surface area (Å²) < 4.78 is 0. The number of thioether (sulfide) groups is 1. The van der Waals surface area contributed by atoms with Crippen molar-refractivity contribution in [2.24, 2.45) is 0 Å². The molecule has 1 amide bonds. The van der Waals surface area contributed by atoms with E-state index in [2.05, 4.69) is 0 Å². The van der Waals surface area contributed by atoms with E-state index in [1.54, 1.807) is 18.2 Å². The van der Waals surface area contributed by atoms with Gasteiger partial charge in [-0.1, -0.05) is 47.5 Å². The number of aliphatic hydroxyl groups is 1. The van der Waals surface area contributed by atoms with Crippen molar-refractivity contribution in [3.05, 3.63) is 63.6 Å². The van der Waals surface area contributed by atoms with Crippen LogP contribution in [-0.2, 0) is 0 Å². The van der Waals surface area contributed by atoms with Crippen molar-refractivity contribution in [1.29, 1.82) is 0 Å². The lowest BCUT2D eigenvalue weighted by Crippen LogP contribution is -2.32. The van der Waals surface area contributed by atoms with Gasteiger partial charge in [-0.2, -0.15) is 0 Å². The Bertz CT molecular complexity index is 757. The summed E-state index contributed by atoms with van der Waals surface area (Å²) in [5, 5.41) is 21.0. The van der Waals surface area contributed by atoms with E-state index in [-0.39, 0.29) is 6.54 Å². The number of halogens is 2. The zero-order valence-corrected chi connectivity index (χ0v) is 16.1. The molecular formula is C18H19Cl2NO3S. The number of hydrogen-bond acceptors (Lipinski definition) is 3. The fraction of sp³-hybridized carbons (Fsp3) is 0.278. The highest BCUT2D eigenvalue weighted by molar-refractivity contribution is 7.98. The van der Waals surface area contributed by atoms with E-state index < -0.39 is 18.1 Å². The van der Waals surface area contributed by atoms with Crippen LogP contribution in [0.1, 0.15) is 23.1 Å². The normalized spacial score (nSPS) is 13.3. The minimum atomic E-state index is -1.06. The van der Waals surface area contributed by atoms with E-state index >= 15 is 0 Å². The van der Waals surface area contributed by atoms with Gasteiger partial charge in [0, 0.05) is 24.4 Å². The van der Waals surface area contributed by atoms with Crippen LogP contribution in [-0.4, -0.2) is 41.1 Å². The fourth-order valence-corrected chi connectivity index (χ4v) is 3.58. The molecule has 0 saturated heterocycles. The van der Waals surface area contributed by atoms with Crippen LogP contribution in [0.3, 0.4) is 0 Å². The van der Waals surface area contributed by atoms with Crippen molar-refractivity contribution in [2.75, 3.05) is 19.8 Å². The van der Waals surface area contributed by atoms with Gasteiger partial charge in [-0.3, -0.25) is 0 Å². The Morgan fingerprint density at radius 2 is 1.88 bits per heavy atom. The molecule has 134 valence electrons. The summed E-state index contributed by atoms with van der Waals surface area (Å²) >= 11 is 13.6. The molecule has 25 heavy (non-hydrogen) atoms. The fourth-order valence-electron chi connectivity index (χ4n) is 2.63. The largest absolute Gasteiger partial charge is 0.465 e. The molecule has 0 saturated carbocycles. The molecule has 0 unspecified atom stereocenters. The molecule has 0 aromatic heterocycles. The van der Waals surface area contributed by atoms with Gasteiger partial charge >= 0.3 is 6.09 Å². The first-order valence-electron chi connectivity index (χ1n) is 7.55. The van der Waals surface area contributed by atoms with E-state index in [0.29, 0.717) is 10.0 Å². The maximum absolute atomic E-state index is 11.3. The molecule has 2 atom stereocenters. The highest BCUT2D eigenvalue weighted by Crippen LogP contribution is 2.37. The predicted molar refractivity (Wildman–Crippen MR) is 103 cm³/mol. The molecule has 0 spiro atoms. The van der Waals surface area contributed by atoms with Crippen molar-refractivity contribution in [3.63, 3.8) is 0 Å². The van der Waals surface area contributed by atoms with Gasteiger partial charge < -0.3 is 15.1 Å². The monoisotopic (exact) mass is 399 g/mol. The summed E-state index contributed by atoms with van der Waals surface area (Å²) in [5.41, 5.74) is 1.48. The highest BCUT2D eigenvalue weighted by Gasteiger charge is 2.27. The summed E-state index contributed by atoms with van der Waals surface area (Å²) in [5.74, 6) is -0.482. The predicted octanol–water partition coefficient (Wildman–Crippen LogP) is 5.14. The Balaban J connectivity index is 2.46. The molecule has 2 rings (SSSR count). The van der Waals surface area contributed by atoms with Crippen LogP contribution in [0.25, 0.3) is 0 Å². The second-order valence-corrected chi connectivity index (χ2v) is 7.29. The Morgan fingerprint density at radius 3 is 2.48 bits per heavy atom. The third kappa shape index (κ3) is 4.82.